The highest BCUT2D eigenvalue weighted by Gasteiger charge is 2.34. The zero-order valence-corrected chi connectivity index (χ0v) is 14.1. The van der Waals surface area contributed by atoms with Gasteiger partial charge in [0.2, 0.25) is 5.91 Å². The molecule has 134 valence electrons. The van der Waals surface area contributed by atoms with Crippen molar-refractivity contribution in [2.75, 3.05) is 19.0 Å². The molecule has 1 aliphatic rings. The van der Waals surface area contributed by atoms with E-state index in [-0.39, 0.29) is 36.4 Å². The highest BCUT2D eigenvalue weighted by atomic mass is 19.1. The van der Waals surface area contributed by atoms with E-state index in [0.29, 0.717) is 23.2 Å². The molecule has 0 spiro atoms. The fraction of sp³-hybridized carbons (Fsp3) is 0.211. The highest BCUT2D eigenvalue weighted by molar-refractivity contribution is 6.21. The van der Waals surface area contributed by atoms with Crippen molar-refractivity contribution in [2.24, 2.45) is 0 Å². The third-order valence-corrected chi connectivity index (χ3v) is 4.10. The Bertz CT molecular complexity index is 847. The van der Waals surface area contributed by atoms with Crippen LogP contribution < -0.4 is 10.1 Å². The summed E-state index contributed by atoms with van der Waals surface area (Å²) >= 11 is 0. The standard InChI is InChI=1S/C19H17FN2O4/c1-26-16-11-12(20)8-9-15(16)21-17(23)7-4-10-22-18(24)13-5-2-3-6-14(13)19(22)25/h2-3,5-6,8-9,11H,4,7,10H2,1H3,(H,21,23). The van der Waals surface area contributed by atoms with Crippen LogP contribution in [0.2, 0.25) is 0 Å². The van der Waals surface area contributed by atoms with Crippen LogP contribution in [0.4, 0.5) is 10.1 Å². The maximum absolute atomic E-state index is 13.2. The molecule has 3 amide bonds. The van der Waals surface area contributed by atoms with Crippen LogP contribution in [0.15, 0.2) is 42.5 Å². The Kier molecular flexibility index (Phi) is 4.97. The highest BCUT2D eigenvalue weighted by Crippen LogP contribution is 2.25. The lowest BCUT2D eigenvalue weighted by Gasteiger charge is -2.14. The number of methoxy groups -OCH3 is 1. The summed E-state index contributed by atoms with van der Waals surface area (Å²) < 4.78 is 18.2. The molecule has 0 saturated carbocycles. The monoisotopic (exact) mass is 356 g/mol. The molecular formula is C19H17FN2O4. The number of anilines is 1. The zero-order valence-electron chi connectivity index (χ0n) is 14.1. The van der Waals surface area contributed by atoms with E-state index in [0.717, 1.165) is 4.90 Å². The third-order valence-electron chi connectivity index (χ3n) is 4.10. The Morgan fingerprint density at radius 3 is 2.38 bits per heavy atom. The number of imide groups is 1. The Morgan fingerprint density at radius 2 is 1.77 bits per heavy atom. The maximum atomic E-state index is 13.2. The second-order valence-electron chi connectivity index (χ2n) is 5.80. The molecule has 2 aromatic carbocycles. The Morgan fingerprint density at radius 1 is 1.12 bits per heavy atom. The molecule has 0 bridgehead atoms. The van der Waals surface area contributed by atoms with Crippen LogP contribution in [0, 0.1) is 5.82 Å². The average molecular weight is 356 g/mol. The molecule has 0 aromatic heterocycles. The van der Waals surface area contributed by atoms with E-state index in [9.17, 15) is 18.8 Å². The topological polar surface area (TPSA) is 75.7 Å². The van der Waals surface area contributed by atoms with Gasteiger partial charge >= 0.3 is 0 Å². The molecule has 0 unspecified atom stereocenters. The predicted octanol–water partition coefficient (Wildman–Crippen LogP) is 2.85. The molecule has 1 aliphatic heterocycles. The van der Waals surface area contributed by atoms with Gasteiger partial charge in [0.25, 0.3) is 11.8 Å². The van der Waals surface area contributed by atoms with Crippen molar-refractivity contribution in [1.29, 1.82) is 0 Å². The Hall–Kier alpha value is -3.22. The smallest absolute Gasteiger partial charge is 0.261 e. The van der Waals surface area contributed by atoms with Crippen molar-refractivity contribution in [2.45, 2.75) is 12.8 Å². The number of hydrogen-bond acceptors (Lipinski definition) is 4. The summed E-state index contributed by atoms with van der Waals surface area (Å²) in [5.74, 6) is -1.24. The van der Waals surface area contributed by atoms with Gasteiger partial charge in [-0.05, 0) is 30.7 Å². The van der Waals surface area contributed by atoms with Crippen LogP contribution in [0.1, 0.15) is 33.6 Å². The lowest BCUT2D eigenvalue weighted by atomic mass is 10.1. The number of carbonyl (C=O) groups is 3. The van der Waals surface area contributed by atoms with E-state index < -0.39 is 5.82 Å². The molecule has 7 heteroatoms. The van der Waals surface area contributed by atoms with Crippen molar-refractivity contribution in [3.05, 3.63) is 59.4 Å². The fourth-order valence-corrected chi connectivity index (χ4v) is 2.82. The quantitative estimate of drug-likeness (QED) is 0.808. The van der Waals surface area contributed by atoms with E-state index in [1.54, 1.807) is 24.3 Å². The Balaban J connectivity index is 1.55. The first-order valence-electron chi connectivity index (χ1n) is 8.10. The second kappa shape index (κ2) is 7.35. The number of halogens is 1. The maximum Gasteiger partial charge on any atom is 0.261 e. The number of carbonyl (C=O) groups excluding carboxylic acids is 3. The van der Waals surface area contributed by atoms with Crippen molar-refractivity contribution in [1.82, 2.24) is 4.90 Å². The molecular weight excluding hydrogens is 339 g/mol. The van der Waals surface area contributed by atoms with Crippen LogP contribution in [-0.2, 0) is 4.79 Å². The molecule has 3 rings (SSSR count). The molecule has 1 N–H and O–H groups in total. The molecule has 6 nitrogen and oxygen atoms in total. The molecule has 0 atom stereocenters. The molecule has 2 aromatic rings. The van der Waals surface area contributed by atoms with Crippen LogP contribution in [0.3, 0.4) is 0 Å². The first-order valence-corrected chi connectivity index (χ1v) is 8.10. The number of hydrogen-bond donors (Lipinski definition) is 1. The largest absolute Gasteiger partial charge is 0.494 e. The third kappa shape index (κ3) is 3.42. The fourth-order valence-electron chi connectivity index (χ4n) is 2.82. The molecule has 0 aliphatic carbocycles. The number of rotatable bonds is 6. The van der Waals surface area contributed by atoms with Crippen LogP contribution in [0.5, 0.6) is 5.75 Å². The summed E-state index contributed by atoms with van der Waals surface area (Å²) in [5, 5.41) is 2.63. The van der Waals surface area contributed by atoms with Crippen LogP contribution >= 0.6 is 0 Å². The predicted molar refractivity (Wildman–Crippen MR) is 92.6 cm³/mol. The summed E-state index contributed by atoms with van der Waals surface area (Å²) in [5.41, 5.74) is 1.13. The van der Waals surface area contributed by atoms with Crippen LogP contribution in [-0.4, -0.2) is 36.3 Å². The minimum atomic E-state index is -0.467. The van der Waals surface area contributed by atoms with Gasteiger partial charge in [-0.2, -0.15) is 0 Å². The minimum Gasteiger partial charge on any atom is -0.494 e. The van der Waals surface area contributed by atoms with Crippen molar-refractivity contribution >= 4 is 23.4 Å². The van der Waals surface area contributed by atoms with Gasteiger partial charge in [-0.25, -0.2) is 4.39 Å². The molecule has 0 saturated heterocycles. The van der Waals surface area contributed by atoms with Crippen molar-refractivity contribution in [3.63, 3.8) is 0 Å². The number of amides is 3. The van der Waals surface area contributed by atoms with Gasteiger partial charge in [0, 0.05) is 19.0 Å². The van der Waals surface area contributed by atoms with Gasteiger partial charge in [0.1, 0.15) is 11.6 Å². The van der Waals surface area contributed by atoms with E-state index in [4.69, 9.17) is 4.74 Å². The van der Waals surface area contributed by atoms with Gasteiger partial charge in [-0.1, -0.05) is 12.1 Å². The van der Waals surface area contributed by atoms with Crippen molar-refractivity contribution < 1.29 is 23.5 Å². The van der Waals surface area contributed by atoms with E-state index in [1.807, 2.05) is 0 Å². The molecule has 0 fully saturated rings. The van der Waals surface area contributed by atoms with E-state index >= 15 is 0 Å². The van der Waals surface area contributed by atoms with E-state index in [1.165, 1.54) is 25.3 Å². The molecule has 1 heterocycles. The first kappa shape index (κ1) is 17.6. The number of nitrogens with zero attached hydrogens (tertiary/aromatic N) is 1. The second-order valence-corrected chi connectivity index (χ2v) is 5.80. The lowest BCUT2D eigenvalue weighted by Crippen LogP contribution is -2.31. The number of benzene rings is 2. The Labute approximate surface area is 149 Å². The SMILES string of the molecule is COc1cc(F)ccc1NC(=O)CCCN1C(=O)c2ccccc2C1=O. The summed E-state index contributed by atoms with van der Waals surface area (Å²) in [7, 11) is 1.38. The summed E-state index contributed by atoms with van der Waals surface area (Å²) in [6.07, 6.45) is 0.425. The number of nitrogens with one attached hydrogen (secondary N) is 1. The van der Waals surface area contributed by atoms with Gasteiger partial charge in [0.15, 0.2) is 0 Å². The summed E-state index contributed by atoms with van der Waals surface area (Å²) in [6, 6.07) is 10.4. The van der Waals surface area contributed by atoms with Gasteiger partial charge in [-0.15, -0.1) is 0 Å². The summed E-state index contributed by atoms with van der Waals surface area (Å²) in [4.78, 5) is 37.7. The van der Waals surface area contributed by atoms with Gasteiger partial charge in [-0.3, -0.25) is 19.3 Å². The van der Waals surface area contributed by atoms with E-state index in [2.05, 4.69) is 5.32 Å². The van der Waals surface area contributed by atoms with Gasteiger partial charge in [0.05, 0.1) is 23.9 Å². The normalized spacial score (nSPS) is 12.9. The minimum absolute atomic E-state index is 0.105. The van der Waals surface area contributed by atoms with Crippen LogP contribution in [0.25, 0.3) is 0 Å². The van der Waals surface area contributed by atoms with Gasteiger partial charge < -0.3 is 10.1 Å². The molecule has 0 radical (unpaired) electrons. The average Bonchev–Trinajstić information content (AvgIpc) is 2.88. The number of ether oxygens (including phenoxy) is 1. The lowest BCUT2D eigenvalue weighted by molar-refractivity contribution is -0.116. The zero-order chi connectivity index (χ0) is 18.7. The first-order chi connectivity index (χ1) is 12.5. The van der Waals surface area contributed by atoms with Crippen molar-refractivity contribution in [3.8, 4) is 5.75 Å². The number of fused-ring (bicyclic) bond motifs is 1. The molecule has 26 heavy (non-hydrogen) atoms. The summed E-state index contributed by atoms with van der Waals surface area (Å²) in [6.45, 7) is 0.153.